The van der Waals surface area contributed by atoms with Gasteiger partial charge in [-0.3, -0.25) is 0 Å². The third-order valence-electron chi connectivity index (χ3n) is 1.71. The molecule has 0 saturated heterocycles. The van der Waals surface area contributed by atoms with E-state index >= 15 is 0 Å². The molecule has 0 N–H and O–H groups in total. The van der Waals surface area contributed by atoms with Crippen LogP contribution in [0.25, 0.3) is 10.9 Å². The average molecular weight is 404 g/mol. The number of fused-ring (bicyclic) bond motifs is 1. The fourth-order valence-corrected chi connectivity index (χ4v) is 1.15. The van der Waals surface area contributed by atoms with E-state index in [4.69, 9.17) is 0 Å². The predicted molar refractivity (Wildman–Crippen MR) is 75.8 cm³/mol. The fraction of sp³-hybridized carbons (Fsp3) is 0.467. The first-order valence-electron chi connectivity index (χ1n) is 6.30. The van der Waals surface area contributed by atoms with Gasteiger partial charge in [0, 0.05) is 28.1 Å². The monoisotopic (exact) mass is 404 g/mol. The van der Waals surface area contributed by atoms with Crippen molar-refractivity contribution in [3.8, 4) is 0 Å². The van der Waals surface area contributed by atoms with Crippen LogP contribution in [0.3, 0.4) is 0 Å². The molecule has 0 spiro atoms. The van der Waals surface area contributed by atoms with Crippen LogP contribution < -0.4 is 0 Å². The van der Waals surface area contributed by atoms with E-state index in [0.717, 1.165) is 0 Å². The van der Waals surface area contributed by atoms with Crippen molar-refractivity contribution < 1.29 is 21.1 Å². The minimum absolute atomic E-state index is 0. The zero-order valence-electron chi connectivity index (χ0n) is 12.2. The molecule has 0 aliphatic rings. The Kier molecular flexibility index (Phi) is 19.7. The first-order chi connectivity index (χ1) is 7.88. The van der Waals surface area contributed by atoms with Gasteiger partial charge in [0.15, 0.2) is 0 Å². The van der Waals surface area contributed by atoms with E-state index < -0.39 is 0 Å². The van der Waals surface area contributed by atoms with Gasteiger partial charge in [0.2, 0.25) is 0 Å². The molecular formula is C15H26NW-. The van der Waals surface area contributed by atoms with E-state index in [0.29, 0.717) is 0 Å². The molecular weight excluding hydrogens is 378 g/mol. The Morgan fingerprint density at radius 3 is 1.94 bits per heavy atom. The summed E-state index contributed by atoms with van der Waals surface area (Å²) in [6.45, 7) is 12.0. The van der Waals surface area contributed by atoms with Crippen molar-refractivity contribution in [1.29, 1.82) is 0 Å². The van der Waals surface area contributed by atoms with Crippen molar-refractivity contribution in [2.24, 2.45) is 7.05 Å². The van der Waals surface area contributed by atoms with Gasteiger partial charge in [-0.05, 0) is 11.7 Å². The molecule has 1 aromatic heterocycles. The summed E-state index contributed by atoms with van der Waals surface area (Å²) >= 11 is 0. The molecule has 98 valence electrons. The molecule has 1 aromatic carbocycles. The van der Waals surface area contributed by atoms with Crippen LogP contribution in [0, 0.1) is 6.07 Å². The Bertz CT molecular complexity index is 352. The molecule has 1 nitrogen and oxygen atoms in total. The summed E-state index contributed by atoms with van der Waals surface area (Å²) in [5, 5.41) is 1.19. The number of rotatable bonds is 0. The largest absolute Gasteiger partial charge is 0.398 e. The zero-order chi connectivity index (χ0) is 13.0. The van der Waals surface area contributed by atoms with E-state index in [-0.39, 0.29) is 21.1 Å². The minimum Gasteiger partial charge on any atom is -0.398 e. The van der Waals surface area contributed by atoms with Crippen molar-refractivity contribution in [1.82, 2.24) is 4.57 Å². The van der Waals surface area contributed by atoms with Crippen molar-refractivity contribution >= 4 is 10.9 Å². The molecule has 0 aliphatic carbocycles. The number of hydrogen-bond donors (Lipinski definition) is 0. The minimum atomic E-state index is 0. The van der Waals surface area contributed by atoms with Gasteiger partial charge in [-0.2, -0.15) is 0 Å². The first-order valence-corrected chi connectivity index (χ1v) is 6.30. The van der Waals surface area contributed by atoms with Crippen molar-refractivity contribution in [3.05, 3.63) is 36.5 Å². The van der Waals surface area contributed by atoms with Crippen LogP contribution in [-0.2, 0) is 28.1 Å². The molecule has 0 saturated carbocycles. The van der Waals surface area contributed by atoms with Crippen molar-refractivity contribution in [2.75, 3.05) is 0 Å². The second-order valence-electron chi connectivity index (χ2n) is 2.40. The van der Waals surface area contributed by atoms with Crippen LogP contribution in [0.5, 0.6) is 0 Å². The molecule has 0 amide bonds. The van der Waals surface area contributed by atoms with E-state index in [1.165, 1.54) is 10.9 Å². The van der Waals surface area contributed by atoms with Gasteiger partial charge in [0.1, 0.15) is 0 Å². The third kappa shape index (κ3) is 7.39. The maximum absolute atomic E-state index is 3.15. The number of benzene rings is 1. The number of aryl methyl sites for hydroxylation is 1. The molecule has 0 unspecified atom stereocenters. The van der Waals surface area contributed by atoms with Crippen LogP contribution in [0.1, 0.15) is 41.5 Å². The zero-order valence-corrected chi connectivity index (χ0v) is 15.2. The second kappa shape index (κ2) is 15.4. The fourth-order valence-electron chi connectivity index (χ4n) is 1.15. The van der Waals surface area contributed by atoms with E-state index in [1.54, 1.807) is 0 Å². The van der Waals surface area contributed by atoms with Gasteiger partial charge in [-0.1, -0.05) is 41.5 Å². The summed E-state index contributed by atoms with van der Waals surface area (Å²) in [6, 6.07) is 11.2. The van der Waals surface area contributed by atoms with Gasteiger partial charge in [0.05, 0.1) is 0 Å². The molecule has 0 atom stereocenters. The van der Waals surface area contributed by atoms with Crippen LogP contribution in [-0.4, -0.2) is 4.57 Å². The molecule has 2 heteroatoms. The number of aromatic nitrogens is 1. The second-order valence-corrected chi connectivity index (χ2v) is 2.40. The summed E-state index contributed by atoms with van der Waals surface area (Å²) in [5.41, 5.74) is 1.24. The summed E-state index contributed by atoms with van der Waals surface area (Å²) in [6.07, 6.45) is 2.04. The topological polar surface area (TPSA) is 4.93 Å². The molecule has 0 aliphatic heterocycles. The van der Waals surface area contributed by atoms with Gasteiger partial charge in [0.25, 0.3) is 0 Å². The number of hydrogen-bond acceptors (Lipinski definition) is 0. The third-order valence-corrected chi connectivity index (χ3v) is 1.71. The van der Waals surface area contributed by atoms with Gasteiger partial charge in [-0.15, -0.1) is 35.7 Å². The molecule has 17 heavy (non-hydrogen) atoms. The Hall–Kier alpha value is -0.552. The summed E-state index contributed by atoms with van der Waals surface area (Å²) < 4.78 is 2.09. The molecule has 0 fully saturated rings. The summed E-state index contributed by atoms with van der Waals surface area (Å²) in [4.78, 5) is 0. The van der Waals surface area contributed by atoms with Crippen molar-refractivity contribution in [2.45, 2.75) is 41.5 Å². The Balaban J connectivity index is -0.000000248. The van der Waals surface area contributed by atoms with E-state index in [1.807, 2.05) is 66.9 Å². The SMILES string of the molecule is CC.CC.CC.Cn1ccc2[c-]cccc21.[W]. The Morgan fingerprint density at radius 1 is 0.941 bits per heavy atom. The predicted octanol–water partition coefficient (Wildman–Crippen LogP) is 5.05. The maximum Gasteiger partial charge on any atom is 0.000611 e. The van der Waals surface area contributed by atoms with Gasteiger partial charge in [-0.25, -0.2) is 0 Å². The first kappa shape index (κ1) is 21.7. The molecule has 1 heterocycles. The smallest absolute Gasteiger partial charge is 0.000611 e. The molecule has 0 bridgehead atoms. The molecule has 2 aromatic rings. The average Bonchev–Trinajstić information content (AvgIpc) is 2.79. The quantitative estimate of drug-likeness (QED) is 0.542. The Labute approximate surface area is 121 Å². The standard InChI is InChI=1S/C9H8N.3C2H6.W/c1-10-7-6-8-4-2-3-5-9(8)10;3*1-2;/h2-3,5-7H,1H3;3*1-2H3;/q-1;;;;. The van der Waals surface area contributed by atoms with E-state index in [9.17, 15) is 0 Å². The van der Waals surface area contributed by atoms with Gasteiger partial charge < -0.3 is 4.57 Å². The van der Waals surface area contributed by atoms with E-state index in [2.05, 4.69) is 22.8 Å². The normalized spacial score (nSPS) is 7.24. The van der Waals surface area contributed by atoms with Crippen LogP contribution in [0.4, 0.5) is 0 Å². The maximum atomic E-state index is 3.15. The van der Waals surface area contributed by atoms with Crippen molar-refractivity contribution in [3.63, 3.8) is 0 Å². The Morgan fingerprint density at radius 2 is 1.47 bits per heavy atom. The number of nitrogens with zero attached hydrogens (tertiary/aromatic N) is 1. The molecule has 0 radical (unpaired) electrons. The van der Waals surface area contributed by atoms with Crippen LogP contribution >= 0.6 is 0 Å². The summed E-state index contributed by atoms with van der Waals surface area (Å²) in [7, 11) is 2.04. The van der Waals surface area contributed by atoms with Crippen LogP contribution in [0.15, 0.2) is 30.5 Å². The molecule has 2 rings (SSSR count). The van der Waals surface area contributed by atoms with Gasteiger partial charge >= 0.3 is 0 Å². The van der Waals surface area contributed by atoms with Crippen LogP contribution in [0.2, 0.25) is 0 Å². The summed E-state index contributed by atoms with van der Waals surface area (Å²) in [5.74, 6) is 0.